The van der Waals surface area contributed by atoms with Crippen molar-refractivity contribution in [1.82, 2.24) is 15.5 Å². The van der Waals surface area contributed by atoms with Gasteiger partial charge in [0.15, 0.2) is 5.78 Å². The zero-order valence-electron chi connectivity index (χ0n) is 17.8. The first-order chi connectivity index (χ1) is 14.6. The Bertz CT molecular complexity index is 1080. The molecule has 0 radical (unpaired) electrons. The summed E-state index contributed by atoms with van der Waals surface area (Å²) in [5, 5.41) is 5.69. The van der Waals surface area contributed by atoms with Crippen molar-refractivity contribution in [3.05, 3.63) is 57.3 Å². The third-order valence-electron chi connectivity index (χ3n) is 5.76. The van der Waals surface area contributed by atoms with E-state index in [1.54, 1.807) is 12.1 Å². The van der Waals surface area contributed by atoms with E-state index in [9.17, 15) is 19.2 Å². The lowest BCUT2D eigenvalue weighted by molar-refractivity contribution is -0.131. The fourth-order valence-electron chi connectivity index (χ4n) is 4.01. The highest BCUT2D eigenvalue weighted by molar-refractivity contribution is 7.14. The third kappa shape index (κ3) is 3.76. The summed E-state index contributed by atoms with van der Waals surface area (Å²) in [7, 11) is 0. The summed E-state index contributed by atoms with van der Waals surface area (Å²) in [5.41, 5.74) is 0.306. The number of thiophene rings is 1. The minimum atomic E-state index is -1.06. The number of carbonyl (C=O) groups excluding carboxylic acids is 4. The number of nitrogens with one attached hydrogen (secondary N) is 2. The number of Topliss-reactive ketones (excluding diaryl/α,β-unsaturated/α-hetero) is 1. The predicted octanol–water partition coefficient (Wildman–Crippen LogP) is 2.99. The average molecular weight is 440 g/mol. The number of carbonyl (C=O) groups is 4. The molecule has 2 N–H and O–H groups in total. The first-order valence-electron chi connectivity index (χ1n) is 10.2. The van der Waals surface area contributed by atoms with Gasteiger partial charge in [-0.25, -0.2) is 4.79 Å². The Hall–Kier alpha value is -3.00. The maximum atomic E-state index is 13.2. The highest BCUT2D eigenvalue weighted by Crippen LogP contribution is 2.41. The highest BCUT2D eigenvalue weighted by Gasteiger charge is 2.55. The minimum absolute atomic E-state index is 0.0738. The van der Waals surface area contributed by atoms with Gasteiger partial charge in [0, 0.05) is 10.3 Å². The van der Waals surface area contributed by atoms with Gasteiger partial charge in [-0.05, 0) is 36.1 Å². The quantitative estimate of drug-likeness (QED) is 0.553. The fraction of sp³-hybridized carbons (Fsp3) is 0.391. The summed E-state index contributed by atoms with van der Waals surface area (Å²) >= 11 is 1.26. The van der Waals surface area contributed by atoms with Crippen LogP contribution in [0.1, 0.15) is 52.9 Å². The number of imide groups is 1. The molecule has 0 unspecified atom stereocenters. The molecule has 0 saturated carbocycles. The molecule has 4 rings (SSSR count). The number of nitrogens with zero attached hydrogens (tertiary/aromatic N) is 1. The lowest BCUT2D eigenvalue weighted by Crippen LogP contribution is -2.42. The van der Waals surface area contributed by atoms with Crippen molar-refractivity contribution < 1.29 is 19.2 Å². The van der Waals surface area contributed by atoms with E-state index < -0.39 is 17.0 Å². The Morgan fingerprint density at radius 3 is 2.65 bits per heavy atom. The van der Waals surface area contributed by atoms with Crippen molar-refractivity contribution in [3.8, 4) is 0 Å². The van der Waals surface area contributed by atoms with Gasteiger partial charge in [0.1, 0.15) is 5.54 Å². The molecule has 8 heteroatoms. The van der Waals surface area contributed by atoms with Crippen molar-refractivity contribution in [3.63, 3.8) is 0 Å². The van der Waals surface area contributed by atoms with E-state index in [0.29, 0.717) is 24.3 Å². The van der Waals surface area contributed by atoms with E-state index >= 15 is 0 Å². The van der Waals surface area contributed by atoms with Gasteiger partial charge in [-0.2, -0.15) is 0 Å². The first kappa shape index (κ1) is 21.2. The first-order valence-corrected chi connectivity index (χ1v) is 11.1. The van der Waals surface area contributed by atoms with Crippen LogP contribution in [0.25, 0.3) is 0 Å². The van der Waals surface area contributed by atoms with Crippen LogP contribution in [0, 0.1) is 5.41 Å². The number of hydrogen-bond donors (Lipinski definition) is 2. The van der Waals surface area contributed by atoms with E-state index in [2.05, 4.69) is 10.6 Å². The van der Waals surface area contributed by atoms with Crippen LogP contribution in [0.3, 0.4) is 0 Å². The molecule has 162 valence electrons. The number of urea groups is 1. The van der Waals surface area contributed by atoms with Gasteiger partial charge in [0.05, 0.1) is 18.0 Å². The molecule has 4 amide bonds. The summed E-state index contributed by atoms with van der Waals surface area (Å²) in [6.45, 7) is 5.53. The van der Waals surface area contributed by atoms with Crippen LogP contribution < -0.4 is 10.6 Å². The summed E-state index contributed by atoms with van der Waals surface area (Å²) in [6.07, 6.45) is 1.21. The smallest absolute Gasteiger partial charge is 0.325 e. The Balaban J connectivity index is 1.44. The van der Waals surface area contributed by atoms with E-state index in [1.165, 1.54) is 11.3 Å². The van der Waals surface area contributed by atoms with Crippen LogP contribution in [0.5, 0.6) is 0 Å². The second kappa shape index (κ2) is 7.60. The van der Waals surface area contributed by atoms with Gasteiger partial charge < -0.3 is 10.6 Å². The number of hydrogen-bond acceptors (Lipinski definition) is 5. The van der Waals surface area contributed by atoms with Crippen molar-refractivity contribution in [2.45, 2.75) is 45.7 Å². The van der Waals surface area contributed by atoms with Gasteiger partial charge >= 0.3 is 6.03 Å². The van der Waals surface area contributed by atoms with Crippen LogP contribution in [0.15, 0.2) is 36.4 Å². The molecule has 1 aromatic heterocycles. The van der Waals surface area contributed by atoms with Crippen LogP contribution in [-0.2, 0) is 28.1 Å². The number of fused-ring (bicyclic) bond motifs is 2. The standard InChI is InChI=1S/C23H25N3O4S/c1-22(2,3)19(28)24-12-15-8-9-18(31-15)17(27)13-26-20(29)23(25-21(26)30)11-10-14-6-4-5-7-16(14)23/h4-9H,10-13H2,1-3H3,(H,24,28)(H,25,30)/t23-/m0/s1. The maximum Gasteiger partial charge on any atom is 0.325 e. The van der Waals surface area contributed by atoms with Gasteiger partial charge in [0.25, 0.3) is 5.91 Å². The summed E-state index contributed by atoms with van der Waals surface area (Å²) in [5.74, 6) is -0.745. The number of aryl methyl sites for hydroxylation is 1. The lowest BCUT2D eigenvalue weighted by atomic mass is 9.92. The maximum absolute atomic E-state index is 13.2. The van der Waals surface area contributed by atoms with Crippen molar-refractivity contribution in [2.75, 3.05) is 6.54 Å². The Morgan fingerprint density at radius 1 is 1.16 bits per heavy atom. The highest BCUT2D eigenvalue weighted by atomic mass is 32.1. The molecule has 1 spiro atoms. The van der Waals surface area contributed by atoms with Crippen molar-refractivity contribution >= 4 is 35.0 Å². The van der Waals surface area contributed by atoms with Gasteiger partial charge in [-0.15, -0.1) is 11.3 Å². The van der Waals surface area contributed by atoms with Crippen LogP contribution in [-0.4, -0.2) is 35.1 Å². The lowest BCUT2D eigenvalue weighted by Gasteiger charge is -2.22. The van der Waals surface area contributed by atoms with Crippen LogP contribution >= 0.6 is 11.3 Å². The summed E-state index contributed by atoms with van der Waals surface area (Å²) in [4.78, 5) is 52.9. The molecular weight excluding hydrogens is 414 g/mol. The Morgan fingerprint density at radius 2 is 1.90 bits per heavy atom. The molecule has 2 heterocycles. The predicted molar refractivity (Wildman–Crippen MR) is 117 cm³/mol. The number of rotatable bonds is 5. The normalized spacial score (nSPS) is 20.2. The second-order valence-electron chi connectivity index (χ2n) is 9.01. The molecule has 1 aromatic carbocycles. The van der Waals surface area contributed by atoms with E-state index in [0.717, 1.165) is 20.9 Å². The molecule has 0 bridgehead atoms. The molecule has 1 aliphatic carbocycles. The zero-order chi connectivity index (χ0) is 22.4. The zero-order valence-corrected chi connectivity index (χ0v) is 18.6. The minimum Gasteiger partial charge on any atom is -0.351 e. The summed E-state index contributed by atoms with van der Waals surface area (Å²) < 4.78 is 0. The molecule has 31 heavy (non-hydrogen) atoms. The number of benzene rings is 1. The van der Waals surface area contributed by atoms with E-state index in [4.69, 9.17) is 0 Å². The molecule has 7 nitrogen and oxygen atoms in total. The van der Waals surface area contributed by atoms with E-state index in [-0.39, 0.29) is 24.1 Å². The number of amides is 4. The monoisotopic (exact) mass is 439 g/mol. The van der Waals surface area contributed by atoms with Gasteiger partial charge in [0.2, 0.25) is 5.91 Å². The third-order valence-corrected chi connectivity index (χ3v) is 6.89. The molecular formula is C23H25N3O4S. The fourth-order valence-corrected chi connectivity index (χ4v) is 4.89. The average Bonchev–Trinajstić information content (AvgIpc) is 3.40. The molecule has 1 aliphatic heterocycles. The van der Waals surface area contributed by atoms with E-state index in [1.807, 2.05) is 45.0 Å². The van der Waals surface area contributed by atoms with Crippen LogP contribution in [0.4, 0.5) is 4.79 Å². The summed E-state index contributed by atoms with van der Waals surface area (Å²) in [6, 6.07) is 10.5. The number of ketones is 1. The van der Waals surface area contributed by atoms with Gasteiger partial charge in [-0.1, -0.05) is 45.0 Å². The van der Waals surface area contributed by atoms with Gasteiger partial charge in [-0.3, -0.25) is 19.3 Å². The molecule has 1 saturated heterocycles. The van der Waals surface area contributed by atoms with Crippen LogP contribution in [0.2, 0.25) is 0 Å². The Labute approximate surface area is 184 Å². The largest absolute Gasteiger partial charge is 0.351 e. The second-order valence-corrected chi connectivity index (χ2v) is 10.2. The Kier molecular flexibility index (Phi) is 5.21. The molecule has 1 fully saturated rings. The van der Waals surface area contributed by atoms with Crippen molar-refractivity contribution in [2.24, 2.45) is 5.41 Å². The van der Waals surface area contributed by atoms with Crippen molar-refractivity contribution in [1.29, 1.82) is 0 Å². The molecule has 2 aromatic rings. The molecule has 2 aliphatic rings. The SMILES string of the molecule is CC(C)(C)C(=O)NCc1ccc(C(=O)CN2C(=O)N[C@]3(CCc4ccccc43)C2=O)s1. The molecule has 1 atom stereocenters. The topological polar surface area (TPSA) is 95.6 Å².